The number of nitrogens with one attached hydrogen (secondary N) is 2. The van der Waals surface area contributed by atoms with E-state index in [0.29, 0.717) is 16.9 Å². The highest BCUT2D eigenvalue weighted by Crippen LogP contribution is 2.26. The SMILES string of the molecule is CNc1ccc(/C=C(\C#N)C(=O)Nc2cccc(C)c2)cc1[N+](=O)[O-]. The van der Waals surface area contributed by atoms with Crippen LogP contribution in [0.2, 0.25) is 0 Å². The monoisotopic (exact) mass is 336 g/mol. The van der Waals surface area contributed by atoms with Gasteiger partial charge >= 0.3 is 0 Å². The van der Waals surface area contributed by atoms with E-state index >= 15 is 0 Å². The molecule has 0 heterocycles. The van der Waals surface area contributed by atoms with Crippen molar-refractivity contribution >= 4 is 29.0 Å². The largest absolute Gasteiger partial charge is 0.383 e. The fourth-order valence-electron chi connectivity index (χ4n) is 2.24. The van der Waals surface area contributed by atoms with Crippen LogP contribution in [0.25, 0.3) is 6.08 Å². The molecule has 0 atom stereocenters. The molecule has 2 aromatic rings. The van der Waals surface area contributed by atoms with Gasteiger partial charge in [-0.3, -0.25) is 14.9 Å². The Morgan fingerprint density at radius 3 is 2.64 bits per heavy atom. The molecule has 7 heteroatoms. The maximum atomic E-state index is 12.3. The number of nitriles is 1. The third-order valence-corrected chi connectivity index (χ3v) is 3.44. The third-order valence-electron chi connectivity index (χ3n) is 3.44. The summed E-state index contributed by atoms with van der Waals surface area (Å²) in [6.45, 7) is 1.89. The summed E-state index contributed by atoms with van der Waals surface area (Å²) in [6, 6.07) is 13.4. The molecule has 0 aliphatic heterocycles. The van der Waals surface area contributed by atoms with Crippen LogP contribution in [0.5, 0.6) is 0 Å². The maximum absolute atomic E-state index is 12.3. The van der Waals surface area contributed by atoms with Gasteiger partial charge in [0.1, 0.15) is 17.3 Å². The maximum Gasteiger partial charge on any atom is 0.292 e. The standard InChI is InChI=1S/C18H16N4O3/c1-12-4-3-5-15(8-12)21-18(23)14(11-19)9-13-6-7-16(20-2)17(10-13)22(24)25/h3-10,20H,1-2H3,(H,21,23)/b14-9+. The van der Waals surface area contributed by atoms with Gasteiger partial charge in [-0.1, -0.05) is 18.2 Å². The first-order valence-corrected chi connectivity index (χ1v) is 7.40. The van der Waals surface area contributed by atoms with Crippen LogP contribution in [0.3, 0.4) is 0 Å². The highest BCUT2D eigenvalue weighted by molar-refractivity contribution is 6.09. The van der Waals surface area contributed by atoms with Gasteiger partial charge in [-0.2, -0.15) is 5.26 Å². The Hall–Kier alpha value is -3.66. The molecule has 2 aromatic carbocycles. The fourth-order valence-corrected chi connectivity index (χ4v) is 2.24. The van der Waals surface area contributed by atoms with Crippen molar-refractivity contribution in [3.05, 3.63) is 69.3 Å². The molecule has 0 fully saturated rings. The summed E-state index contributed by atoms with van der Waals surface area (Å²) in [5.74, 6) is -0.576. The number of aryl methyl sites for hydroxylation is 1. The van der Waals surface area contributed by atoms with Gasteiger partial charge < -0.3 is 10.6 Å². The van der Waals surface area contributed by atoms with E-state index in [2.05, 4.69) is 10.6 Å². The van der Waals surface area contributed by atoms with Crippen molar-refractivity contribution in [3.63, 3.8) is 0 Å². The summed E-state index contributed by atoms with van der Waals surface area (Å²) in [4.78, 5) is 22.8. The Balaban J connectivity index is 2.31. The third kappa shape index (κ3) is 4.42. The molecule has 126 valence electrons. The van der Waals surface area contributed by atoms with E-state index in [1.807, 2.05) is 19.1 Å². The molecule has 0 saturated heterocycles. The molecule has 0 aromatic heterocycles. The fraction of sp³-hybridized carbons (Fsp3) is 0.111. The summed E-state index contributed by atoms with van der Waals surface area (Å²) in [6.07, 6.45) is 1.32. The normalized spacial score (nSPS) is 10.7. The molecule has 7 nitrogen and oxygen atoms in total. The number of hydrogen-bond donors (Lipinski definition) is 2. The summed E-state index contributed by atoms with van der Waals surface area (Å²) < 4.78 is 0. The van der Waals surface area contributed by atoms with E-state index in [1.165, 1.54) is 18.2 Å². The number of nitrogens with zero attached hydrogens (tertiary/aromatic N) is 2. The second-order valence-electron chi connectivity index (χ2n) is 5.28. The summed E-state index contributed by atoms with van der Waals surface area (Å²) in [5.41, 5.74) is 2.01. The minimum Gasteiger partial charge on any atom is -0.383 e. The van der Waals surface area contributed by atoms with Crippen LogP contribution in [-0.4, -0.2) is 17.9 Å². The topological polar surface area (TPSA) is 108 Å². The number of nitro benzene ring substituents is 1. The van der Waals surface area contributed by atoms with Crippen molar-refractivity contribution in [1.82, 2.24) is 0 Å². The van der Waals surface area contributed by atoms with Crippen LogP contribution in [-0.2, 0) is 4.79 Å². The lowest BCUT2D eigenvalue weighted by atomic mass is 10.1. The number of hydrogen-bond acceptors (Lipinski definition) is 5. The van der Waals surface area contributed by atoms with Crippen LogP contribution in [0, 0.1) is 28.4 Å². The van der Waals surface area contributed by atoms with Crippen molar-refractivity contribution in [2.24, 2.45) is 0 Å². The molecular weight excluding hydrogens is 320 g/mol. The first-order valence-electron chi connectivity index (χ1n) is 7.40. The summed E-state index contributed by atoms with van der Waals surface area (Å²) in [7, 11) is 1.58. The van der Waals surface area contributed by atoms with Gasteiger partial charge in [0.05, 0.1) is 4.92 Å². The van der Waals surface area contributed by atoms with Gasteiger partial charge in [0.15, 0.2) is 0 Å². The summed E-state index contributed by atoms with van der Waals surface area (Å²) in [5, 5.41) is 25.7. The molecule has 0 bridgehead atoms. The number of benzene rings is 2. The zero-order valence-electron chi connectivity index (χ0n) is 13.7. The highest BCUT2D eigenvalue weighted by atomic mass is 16.6. The Morgan fingerprint density at radius 2 is 2.04 bits per heavy atom. The van der Waals surface area contributed by atoms with Gasteiger partial charge in [0.25, 0.3) is 11.6 Å². The predicted molar refractivity (Wildman–Crippen MR) is 96.0 cm³/mol. The van der Waals surface area contributed by atoms with Gasteiger partial charge in [0, 0.05) is 18.8 Å². The molecule has 2 N–H and O–H groups in total. The van der Waals surface area contributed by atoms with E-state index in [4.69, 9.17) is 0 Å². The molecule has 0 spiro atoms. The Kier molecular flexibility index (Phi) is 5.48. The average Bonchev–Trinajstić information content (AvgIpc) is 2.59. The molecule has 0 radical (unpaired) electrons. The first kappa shape index (κ1) is 17.7. The van der Waals surface area contributed by atoms with Crippen LogP contribution < -0.4 is 10.6 Å². The van der Waals surface area contributed by atoms with Crippen LogP contribution in [0.1, 0.15) is 11.1 Å². The van der Waals surface area contributed by atoms with Crippen molar-refractivity contribution in [2.75, 3.05) is 17.7 Å². The molecular formula is C18H16N4O3. The Morgan fingerprint density at radius 1 is 1.28 bits per heavy atom. The van der Waals surface area contributed by atoms with Crippen LogP contribution in [0.4, 0.5) is 17.1 Å². The molecule has 0 aliphatic carbocycles. The van der Waals surface area contributed by atoms with E-state index in [1.54, 1.807) is 31.3 Å². The quantitative estimate of drug-likeness (QED) is 0.376. The molecule has 2 rings (SSSR count). The summed E-state index contributed by atoms with van der Waals surface area (Å²) >= 11 is 0. The number of rotatable bonds is 5. The first-order chi connectivity index (χ1) is 11.9. The molecule has 0 saturated carbocycles. The second-order valence-corrected chi connectivity index (χ2v) is 5.28. The Bertz CT molecular complexity index is 897. The van der Waals surface area contributed by atoms with Gasteiger partial charge in [0.2, 0.25) is 0 Å². The molecule has 0 unspecified atom stereocenters. The second kappa shape index (κ2) is 7.75. The number of nitro groups is 1. The average molecular weight is 336 g/mol. The molecule has 1 amide bonds. The lowest BCUT2D eigenvalue weighted by Crippen LogP contribution is -2.13. The number of amides is 1. The lowest BCUT2D eigenvalue weighted by Gasteiger charge is -2.06. The van der Waals surface area contributed by atoms with E-state index < -0.39 is 10.8 Å². The molecule has 0 aliphatic rings. The highest BCUT2D eigenvalue weighted by Gasteiger charge is 2.15. The minimum atomic E-state index is -0.576. The van der Waals surface area contributed by atoms with Crippen LogP contribution in [0.15, 0.2) is 48.0 Å². The van der Waals surface area contributed by atoms with Crippen LogP contribution >= 0.6 is 0 Å². The number of anilines is 2. The van der Waals surface area contributed by atoms with Crippen molar-refractivity contribution in [1.29, 1.82) is 5.26 Å². The zero-order chi connectivity index (χ0) is 18.4. The van der Waals surface area contributed by atoms with Gasteiger partial charge in [-0.05, 0) is 42.3 Å². The van der Waals surface area contributed by atoms with E-state index in [9.17, 15) is 20.2 Å². The number of carbonyl (C=O) groups excluding carboxylic acids is 1. The predicted octanol–water partition coefficient (Wildman–Crippen LogP) is 3.49. The van der Waals surface area contributed by atoms with Crippen molar-refractivity contribution in [3.8, 4) is 6.07 Å². The van der Waals surface area contributed by atoms with Crippen molar-refractivity contribution < 1.29 is 9.72 Å². The van der Waals surface area contributed by atoms with Gasteiger partial charge in [-0.15, -0.1) is 0 Å². The Labute approximate surface area is 144 Å². The lowest BCUT2D eigenvalue weighted by molar-refractivity contribution is -0.384. The van der Waals surface area contributed by atoms with Crippen molar-refractivity contribution in [2.45, 2.75) is 6.92 Å². The molecule has 25 heavy (non-hydrogen) atoms. The minimum absolute atomic E-state index is 0.132. The zero-order valence-corrected chi connectivity index (χ0v) is 13.7. The number of carbonyl (C=O) groups is 1. The van der Waals surface area contributed by atoms with Gasteiger partial charge in [-0.25, -0.2) is 0 Å². The smallest absolute Gasteiger partial charge is 0.292 e. The van der Waals surface area contributed by atoms with E-state index in [0.717, 1.165) is 5.56 Å². The van der Waals surface area contributed by atoms with E-state index in [-0.39, 0.29) is 11.3 Å².